The minimum atomic E-state index is -0.307. The van der Waals surface area contributed by atoms with Gasteiger partial charge >= 0.3 is 0 Å². The molecule has 8 nitrogen and oxygen atoms in total. The molecule has 0 unspecified atom stereocenters. The molecular weight excluding hydrogens is 447 g/mol. The molecule has 1 aliphatic heterocycles. The van der Waals surface area contributed by atoms with Gasteiger partial charge in [0.15, 0.2) is 9.50 Å². The summed E-state index contributed by atoms with van der Waals surface area (Å²) in [5, 5.41) is 14.4. The first-order chi connectivity index (χ1) is 15.3. The molecular formula is C21H25FN8S2. The lowest BCUT2D eigenvalue weighted by molar-refractivity contribution is 0.336. The number of aromatic amines is 1. The number of rotatable bonds is 4. The molecule has 0 aliphatic carbocycles. The van der Waals surface area contributed by atoms with Gasteiger partial charge in [0.25, 0.3) is 0 Å². The number of fused-ring (bicyclic) bond motifs is 3. The van der Waals surface area contributed by atoms with Crippen molar-refractivity contribution in [1.29, 1.82) is 0 Å². The fourth-order valence-corrected chi connectivity index (χ4v) is 6.02. The van der Waals surface area contributed by atoms with E-state index in [4.69, 9.17) is 15.7 Å². The van der Waals surface area contributed by atoms with E-state index in [1.165, 1.54) is 29.2 Å². The van der Waals surface area contributed by atoms with Gasteiger partial charge in [0.1, 0.15) is 22.3 Å². The van der Waals surface area contributed by atoms with Gasteiger partial charge < -0.3 is 20.9 Å². The molecule has 5 rings (SSSR count). The number of hydrogen-bond acceptors (Lipinski definition) is 9. The number of aryl methyl sites for hydroxylation is 1. The van der Waals surface area contributed by atoms with Crippen LogP contribution < -0.4 is 16.0 Å². The Morgan fingerprint density at radius 2 is 2.09 bits per heavy atom. The third-order valence-corrected chi connectivity index (χ3v) is 7.83. The van der Waals surface area contributed by atoms with Gasteiger partial charge in [-0.05, 0) is 50.1 Å². The maximum absolute atomic E-state index is 14.5. The zero-order valence-corrected chi connectivity index (χ0v) is 19.9. The SMILES string of the molecule is CNc1cc(F)cc2c1[nH]c1nc(Sc3nnc(C)s3)nc(N3C[C@@H](C)[C@H](N)C[C@H]3C)c12. The fourth-order valence-electron chi connectivity index (χ4n) is 4.35. The average Bonchev–Trinajstić information content (AvgIpc) is 3.32. The minimum absolute atomic E-state index is 0.146. The molecule has 1 aromatic carbocycles. The summed E-state index contributed by atoms with van der Waals surface area (Å²) in [5.74, 6) is 0.801. The number of aromatic nitrogens is 5. The van der Waals surface area contributed by atoms with Crippen LogP contribution in [0.25, 0.3) is 21.9 Å². The van der Waals surface area contributed by atoms with Crippen LogP contribution in [-0.4, -0.2) is 50.8 Å². The minimum Gasteiger partial charge on any atom is -0.386 e. The highest BCUT2D eigenvalue weighted by Crippen LogP contribution is 2.40. The van der Waals surface area contributed by atoms with Gasteiger partial charge in [-0.3, -0.25) is 0 Å². The molecule has 0 spiro atoms. The van der Waals surface area contributed by atoms with E-state index < -0.39 is 0 Å². The molecule has 168 valence electrons. The number of nitrogens with one attached hydrogen (secondary N) is 2. The number of benzene rings is 1. The summed E-state index contributed by atoms with van der Waals surface area (Å²) >= 11 is 2.89. The highest BCUT2D eigenvalue weighted by atomic mass is 32.2. The van der Waals surface area contributed by atoms with Crippen LogP contribution in [0, 0.1) is 18.7 Å². The molecule has 3 aromatic heterocycles. The van der Waals surface area contributed by atoms with Crippen LogP contribution in [-0.2, 0) is 0 Å². The van der Waals surface area contributed by atoms with Crippen molar-refractivity contribution in [2.45, 2.75) is 48.8 Å². The summed E-state index contributed by atoms with van der Waals surface area (Å²) in [5.41, 5.74) is 8.50. The maximum atomic E-state index is 14.5. The lowest BCUT2D eigenvalue weighted by Gasteiger charge is -2.41. The standard InChI is InChI=1S/C21H25FN8S2/c1-9-8-30(10(2)5-14(9)23)19-16-13-6-12(22)7-15(24-4)17(13)25-18(16)26-20(27-19)32-21-29-28-11(3)31-21/h6-7,9-10,14,24H,5,8,23H2,1-4H3,(H,25,26,27)/t9-,10-,14-/m1/s1. The van der Waals surface area contributed by atoms with Crippen molar-refractivity contribution in [3.8, 4) is 0 Å². The van der Waals surface area contributed by atoms with Gasteiger partial charge in [0.2, 0.25) is 0 Å². The first-order valence-electron chi connectivity index (χ1n) is 10.5. The van der Waals surface area contributed by atoms with Crippen molar-refractivity contribution in [3.63, 3.8) is 0 Å². The molecule has 32 heavy (non-hydrogen) atoms. The van der Waals surface area contributed by atoms with E-state index in [0.29, 0.717) is 22.4 Å². The lowest BCUT2D eigenvalue weighted by Crippen LogP contribution is -2.51. The Morgan fingerprint density at radius 3 is 2.81 bits per heavy atom. The quantitative estimate of drug-likeness (QED) is 0.380. The lowest BCUT2D eigenvalue weighted by atomic mass is 9.90. The number of nitrogens with zero attached hydrogens (tertiary/aromatic N) is 5. The second-order valence-electron chi connectivity index (χ2n) is 8.37. The first kappa shape index (κ1) is 21.4. The van der Waals surface area contributed by atoms with Crippen LogP contribution in [0.2, 0.25) is 0 Å². The predicted octanol–water partition coefficient (Wildman–Crippen LogP) is 4.17. The van der Waals surface area contributed by atoms with E-state index in [1.54, 1.807) is 13.1 Å². The van der Waals surface area contributed by atoms with Gasteiger partial charge in [0.05, 0.1) is 16.6 Å². The number of anilines is 2. The summed E-state index contributed by atoms with van der Waals surface area (Å²) in [6.07, 6.45) is 0.864. The number of nitrogens with two attached hydrogens (primary N) is 1. The molecule has 0 saturated carbocycles. The Morgan fingerprint density at radius 1 is 1.28 bits per heavy atom. The Bertz CT molecular complexity index is 1300. The van der Waals surface area contributed by atoms with Crippen LogP contribution in [0.4, 0.5) is 15.9 Å². The molecule has 4 N–H and O–H groups in total. The molecule has 0 radical (unpaired) electrons. The van der Waals surface area contributed by atoms with Gasteiger partial charge in [-0.2, -0.15) is 0 Å². The van der Waals surface area contributed by atoms with Crippen molar-refractivity contribution >= 4 is 56.5 Å². The summed E-state index contributed by atoms with van der Waals surface area (Å²) in [7, 11) is 1.78. The molecule has 1 aliphatic rings. The van der Waals surface area contributed by atoms with E-state index in [1.807, 2.05) is 6.92 Å². The second kappa shape index (κ2) is 8.13. The zero-order chi connectivity index (χ0) is 22.6. The Balaban J connectivity index is 1.74. The van der Waals surface area contributed by atoms with Crippen LogP contribution in [0.3, 0.4) is 0 Å². The number of halogens is 1. The Hall–Kier alpha value is -2.50. The normalized spacial score (nSPS) is 21.6. The van der Waals surface area contributed by atoms with E-state index in [-0.39, 0.29) is 17.9 Å². The molecule has 0 amide bonds. The maximum Gasteiger partial charge on any atom is 0.198 e. The van der Waals surface area contributed by atoms with Crippen molar-refractivity contribution in [2.75, 3.05) is 23.8 Å². The molecule has 1 fully saturated rings. The topological polar surface area (TPSA) is 109 Å². The van der Waals surface area contributed by atoms with Gasteiger partial charge in [-0.25, -0.2) is 14.4 Å². The summed E-state index contributed by atoms with van der Waals surface area (Å²) in [6, 6.07) is 3.37. The molecule has 1 saturated heterocycles. The van der Waals surface area contributed by atoms with Gasteiger partial charge in [-0.15, -0.1) is 10.2 Å². The van der Waals surface area contributed by atoms with Gasteiger partial charge in [0, 0.05) is 31.1 Å². The highest BCUT2D eigenvalue weighted by Gasteiger charge is 2.32. The third kappa shape index (κ3) is 3.67. The summed E-state index contributed by atoms with van der Waals surface area (Å²) in [4.78, 5) is 15.4. The molecule has 11 heteroatoms. The highest BCUT2D eigenvalue weighted by molar-refractivity contribution is 8.00. The predicted molar refractivity (Wildman–Crippen MR) is 128 cm³/mol. The first-order valence-corrected chi connectivity index (χ1v) is 12.2. The van der Waals surface area contributed by atoms with E-state index in [9.17, 15) is 4.39 Å². The Labute approximate surface area is 193 Å². The molecule has 0 bridgehead atoms. The largest absolute Gasteiger partial charge is 0.386 e. The smallest absolute Gasteiger partial charge is 0.198 e. The van der Waals surface area contributed by atoms with Crippen LogP contribution >= 0.6 is 23.1 Å². The monoisotopic (exact) mass is 472 g/mol. The third-order valence-electron chi connectivity index (χ3n) is 6.07. The van der Waals surface area contributed by atoms with Crippen molar-refractivity contribution < 1.29 is 4.39 Å². The number of hydrogen-bond donors (Lipinski definition) is 3. The van der Waals surface area contributed by atoms with Crippen LogP contribution in [0.5, 0.6) is 0 Å². The second-order valence-corrected chi connectivity index (χ2v) is 10.8. The number of H-pyrrole nitrogens is 1. The van der Waals surface area contributed by atoms with Crippen molar-refractivity contribution in [1.82, 2.24) is 25.1 Å². The van der Waals surface area contributed by atoms with E-state index in [2.05, 4.69) is 39.2 Å². The van der Waals surface area contributed by atoms with Gasteiger partial charge in [-0.1, -0.05) is 18.3 Å². The zero-order valence-electron chi connectivity index (χ0n) is 18.3. The molecule has 3 atom stereocenters. The van der Waals surface area contributed by atoms with E-state index >= 15 is 0 Å². The van der Waals surface area contributed by atoms with Crippen LogP contribution in [0.15, 0.2) is 21.6 Å². The number of piperidine rings is 1. The average molecular weight is 473 g/mol. The van der Waals surface area contributed by atoms with Crippen LogP contribution in [0.1, 0.15) is 25.3 Å². The Kier molecular flexibility index (Phi) is 5.42. The summed E-state index contributed by atoms with van der Waals surface area (Å²) < 4.78 is 15.3. The van der Waals surface area contributed by atoms with E-state index in [0.717, 1.165) is 44.4 Å². The molecule has 4 heterocycles. The van der Waals surface area contributed by atoms with Crippen molar-refractivity contribution in [2.24, 2.45) is 11.7 Å². The fraction of sp³-hybridized carbons (Fsp3) is 0.429. The summed E-state index contributed by atoms with van der Waals surface area (Å²) in [6.45, 7) is 7.02. The van der Waals surface area contributed by atoms with Crippen molar-refractivity contribution in [3.05, 3.63) is 23.0 Å². The molecule has 4 aromatic rings.